The average molecular weight is 296 g/mol. The summed E-state index contributed by atoms with van der Waals surface area (Å²) in [5.74, 6) is 0.392. The summed E-state index contributed by atoms with van der Waals surface area (Å²) in [6.07, 6.45) is 0. The first-order valence-corrected chi connectivity index (χ1v) is 5.96. The van der Waals surface area contributed by atoms with Gasteiger partial charge in [-0.25, -0.2) is 4.98 Å². The minimum Gasteiger partial charge on any atom is -0.546 e. The Hall–Kier alpha value is -2.47. The molecule has 6 nitrogen and oxygen atoms in total. The number of ether oxygens (including phenoxy) is 1. The molecule has 106 valence electrons. The predicted molar refractivity (Wildman–Crippen MR) is 73.8 cm³/mol. The van der Waals surface area contributed by atoms with E-state index in [9.17, 15) is 9.90 Å². The van der Waals surface area contributed by atoms with Crippen molar-refractivity contribution in [3.63, 3.8) is 0 Å². The van der Waals surface area contributed by atoms with Gasteiger partial charge in [0.2, 0.25) is 11.6 Å². The maximum Gasteiger partial charge on any atom is 0.216 e. The quantitative estimate of drug-likeness (QED) is 0.835. The van der Waals surface area contributed by atoms with E-state index in [1.54, 1.807) is 42.5 Å². The Morgan fingerprint density at radius 2 is 1.70 bits per heavy atom. The highest BCUT2D eigenvalue weighted by Gasteiger charge is 1.92. The van der Waals surface area contributed by atoms with Crippen LogP contribution in [0.4, 0.5) is 11.6 Å². The van der Waals surface area contributed by atoms with Crippen LogP contribution in [0.25, 0.3) is 0 Å². The van der Waals surface area contributed by atoms with Gasteiger partial charge in [-0.15, -0.1) is 0 Å². The van der Waals surface area contributed by atoms with Gasteiger partial charge in [-0.05, 0) is 30.3 Å². The molecule has 0 aliphatic rings. The molecule has 2 aromatic rings. The molecule has 0 saturated carbocycles. The topological polar surface area (TPSA) is 116 Å². The minimum atomic E-state index is -1.25. The molecule has 0 spiro atoms. The van der Waals surface area contributed by atoms with E-state index in [4.69, 9.17) is 27.8 Å². The second-order valence-corrected chi connectivity index (χ2v) is 4.11. The lowest BCUT2D eigenvalue weighted by molar-refractivity contribution is -0.342. The Kier molecular flexibility index (Phi) is 6.12. The zero-order valence-corrected chi connectivity index (χ0v) is 11.3. The van der Waals surface area contributed by atoms with E-state index in [1.807, 2.05) is 0 Å². The van der Waals surface area contributed by atoms with Crippen LogP contribution in [0.5, 0.6) is 5.75 Å². The third-order valence-electron chi connectivity index (χ3n) is 2.01. The first kappa shape index (κ1) is 15.6. The van der Waals surface area contributed by atoms with E-state index in [0.29, 0.717) is 22.4 Å². The maximum atomic E-state index is 9.98. The summed E-state index contributed by atoms with van der Waals surface area (Å²) in [7, 11) is 0. The summed E-state index contributed by atoms with van der Waals surface area (Å²) < 4.78 is 4.80. The number of nitrogen functional groups attached to an aromatic ring is 2. The lowest BCUT2D eigenvalue weighted by atomic mass is 10.3. The number of pyridine rings is 1. The van der Waals surface area contributed by atoms with Crippen LogP contribution in [0.2, 0.25) is 5.02 Å². The third-order valence-corrected chi connectivity index (χ3v) is 2.26. The van der Waals surface area contributed by atoms with Crippen LogP contribution < -0.4 is 26.3 Å². The Morgan fingerprint density at radius 1 is 1.15 bits per heavy atom. The number of carbonyl (C=O) groups is 1. The zero-order chi connectivity index (χ0) is 15.0. The molecule has 0 bridgehead atoms. The molecular weight excluding hydrogens is 282 g/mol. The van der Waals surface area contributed by atoms with Gasteiger partial charge in [-0.2, -0.15) is 0 Å². The highest BCUT2D eigenvalue weighted by Crippen LogP contribution is 2.14. The molecule has 1 aromatic carbocycles. The first-order valence-electron chi connectivity index (χ1n) is 5.59. The van der Waals surface area contributed by atoms with E-state index in [1.165, 1.54) is 0 Å². The molecule has 0 unspecified atom stereocenters. The highest BCUT2D eigenvalue weighted by atomic mass is 35.5. The fourth-order valence-corrected chi connectivity index (χ4v) is 1.30. The van der Waals surface area contributed by atoms with E-state index < -0.39 is 12.6 Å². The number of benzene rings is 1. The summed E-state index contributed by atoms with van der Waals surface area (Å²) in [6.45, 7) is -0.443. The number of carboxylic acids is 1. The molecule has 0 atom stereocenters. The van der Waals surface area contributed by atoms with Crippen molar-refractivity contribution in [1.82, 2.24) is 0 Å². The van der Waals surface area contributed by atoms with Crippen molar-refractivity contribution in [2.24, 2.45) is 0 Å². The molecule has 0 radical (unpaired) electrons. The van der Waals surface area contributed by atoms with Gasteiger partial charge in [0.15, 0.2) is 0 Å². The van der Waals surface area contributed by atoms with Gasteiger partial charge >= 0.3 is 0 Å². The number of aromatic nitrogens is 1. The van der Waals surface area contributed by atoms with E-state index in [-0.39, 0.29) is 0 Å². The van der Waals surface area contributed by atoms with Crippen molar-refractivity contribution in [1.29, 1.82) is 0 Å². The zero-order valence-electron chi connectivity index (χ0n) is 10.5. The number of nitrogens with one attached hydrogen (secondary N) is 1. The molecule has 2 rings (SSSR count). The number of anilines is 2. The van der Waals surface area contributed by atoms with Crippen LogP contribution in [0.3, 0.4) is 0 Å². The van der Waals surface area contributed by atoms with Crippen LogP contribution in [0, 0.1) is 0 Å². The molecule has 1 aromatic heterocycles. The number of hydrogen-bond donors (Lipinski definition) is 2. The molecular formula is C13H14ClN3O3. The summed E-state index contributed by atoms with van der Waals surface area (Å²) in [5, 5.41) is 10.6. The molecule has 0 saturated heterocycles. The molecule has 5 N–H and O–H groups in total. The Morgan fingerprint density at radius 3 is 2.10 bits per heavy atom. The Bertz CT molecular complexity index is 544. The second-order valence-electron chi connectivity index (χ2n) is 3.68. The minimum absolute atomic E-state index is 0.443. The third kappa shape index (κ3) is 6.46. The van der Waals surface area contributed by atoms with Crippen LogP contribution in [-0.2, 0) is 4.79 Å². The largest absolute Gasteiger partial charge is 0.546 e. The van der Waals surface area contributed by atoms with E-state index in [2.05, 4.69) is 4.98 Å². The summed E-state index contributed by atoms with van der Waals surface area (Å²) in [5.41, 5.74) is 10.6. The van der Waals surface area contributed by atoms with Crippen molar-refractivity contribution in [3.8, 4) is 5.75 Å². The predicted octanol–water partition coefficient (Wildman–Crippen LogP) is 0.134. The van der Waals surface area contributed by atoms with Crippen molar-refractivity contribution in [3.05, 3.63) is 47.5 Å². The van der Waals surface area contributed by atoms with Crippen molar-refractivity contribution in [2.45, 2.75) is 0 Å². The monoisotopic (exact) mass is 295 g/mol. The Labute approximate surface area is 120 Å². The molecule has 0 aliphatic heterocycles. The first-order chi connectivity index (χ1) is 9.47. The number of H-pyrrole nitrogens is 1. The fourth-order valence-electron chi connectivity index (χ4n) is 1.18. The van der Waals surface area contributed by atoms with E-state index >= 15 is 0 Å². The normalized spacial score (nSPS) is 9.25. The lowest BCUT2D eigenvalue weighted by Crippen LogP contribution is -2.28. The Balaban J connectivity index is 0.000000217. The average Bonchev–Trinajstić information content (AvgIpc) is 2.38. The molecule has 20 heavy (non-hydrogen) atoms. The van der Waals surface area contributed by atoms with Gasteiger partial charge in [0.05, 0.1) is 5.97 Å². The van der Waals surface area contributed by atoms with Gasteiger partial charge in [-0.1, -0.05) is 11.6 Å². The smallest absolute Gasteiger partial charge is 0.216 e. The van der Waals surface area contributed by atoms with Crippen LogP contribution >= 0.6 is 11.6 Å². The number of halogens is 1. The fraction of sp³-hybridized carbons (Fsp3) is 0.0769. The highest BCUT2D eigenvalue weighted by molar-refractivity contribution is 6.30. The molecule has 7 heteroatoms. The second kappa shape index (κ2) is 7.85. The van der Waals surface area contributed by atoms with Crippen LogP contribution in [0.1, 0.15) is 0 Å². The van der Waals surface area contributed by atoms with Gasteiger partial charge in [-0.3, -0.25) is 0 Å². The summed E-state index contributed by atoms with van der Waals surface area (Å²) in [4.78, 5) is 12.7. The number of hydrogen-bond acceptors (Lipinski definition) is 5. The van der Waals surface area contributed by atoms with Gasteiger partial charge in [0.1, 0.15) is 12.4 Å². The van der Waals surface area contributed by atoms with Crippen LogP contribution in [-0.4, -0.2) is 12.6 Å². The lowest BCUT2D eigenvalue weighted by Gasteiger charge is -2.05. The van der Waals surface area contributed by atoms with Gasteiger partial charge < -0.3 is 26.1 Å². The van der Waals surface area contributed by atoms with E-state index in [0.717, 1.165) is 0 Å². The number of carboxylic acid groups (broad SMARTS) is 1. The SMILES string of the molecule is Nc1cccc(N)[nH+]1.O=C([O-])COc1ccc(Cl)cc1. The maximum absolute atomic E-state index is 9.98. The summed E-state index contributed by atoms with van der Waals surface area (Å²) in [6, 6.07) is 11.7. The number of rotatable bonds is 3. The molecule has 0 amide bonds. The van der Waals surface area contributed by atoms with Crippen molar-refractivity contribution >= 4 is 29.2 Å². The standard InChI is InChI=1S/C8H7ClO3.C5H7N3/c9-6-1-3-7(4-2-6)12-5-8(10)11;6-4-2-1-3-5(7)8-4/h1-4H,5H2,(H,10,11);1-3H,(H4,6,7,8). The number of carbonyl (C=O) groups excluding carboxylic acids is 1. The summed E-state index contributed by atoms with van der Waals surface area (Å²) >= 11 is 5.59. The van der Waals surface area contributed by atoms with Gasteiger partial charge in [0.25, 0.3) is 0 Å². The number of aliphatic carboxylic acids is 1. The van der Waals surface area contributed by atoms with Crippen molar-refractivity contribution in [2.75, 3.05) is 18.1 Å². The molecule has 0 fully saturated rings. The number of aromatic amines is 1. The van der Waals surface area contributed by atoms with Crippen molar-refractivity contribution < 1.29 is 19.6 Å². The van der Waals surface area contributed by atoms with Gasteiger partial charge in [0, 0.05) is 17.2 Å². The molecule has 0 aliphatic carbocycles. The van der Waals surface area contributed by atoms with Crippen LogP contribution in [0.15, 0.2) is 42.5 Å². The molecule has 1 heterocycles. The number of nitrogens with two attached hydrogens (primary N) is 2.